The predicted molar refractivity (Wildman–Crippen MR) is 86.8 cm³/mol. The number of nitrogens with one attached hydrogen (secondary N) is 2. The Morgan fingerprint density at radius 3 is 2.83 bits per heavy atom. The van der Waals surface area contributed by atoms with Crippen LogP contribution in [0.4, 0.5) is 0 Å². The van der Waals surface area contributed by atoms with E-state index in [0.717, 1.165) is 0 Å². The van der Waals surface area contributed by atoms with Crippen LogP contribution in [0.3, 0.4) is 0 Å². The van der Waals surface area contributed by atoms with Crippen molar-refractivity contribution in [2.45, 2.75) is 26.7 Å². The summed E-state index contributed by atoms with van der Waals surface area (Å²) >= 11 is 0. The van der Waals surface area contributed by atoms with Gasteiger partial charge in [-0.2, -0.15) is 0 Å². The highest BCUT2D eigenvalue weighted by atomic mass is 16.2. The quantitative estimate of drug-likeness (QED) is 0.875. The Bertz CT molecular complexity index is 770. The molecule has 3 rings (SSSR count). The Labute approximate surface area is 134 Å². The van der Waals surface area contributed by atoms with Gasteiger partial charge in [0.1, 0.15) is 5.69 Å². The van der Waals surface area contributed by atoms with Crippen LogP contribution >= 0.6 is 0 Å². The summed E-state index contributed by atoms with van der Waals surface area (Å²) in [6.45, 7) is 4.61. The van der Waals surface area contributed by atoms with E-state index in [0.29, 0.717) is 41.2 Å². The average molecular weight is 312 g/mol. The Hall–Kier alpha value is -2.50. The Morgan fingerprint density at radius 1 is 1.43 bits per heavy atom. The van der Waals surface area contributed by atoms with Crippen LogP contribution in [-0.4, -0.2) is 27.4 Å². The van der Waals surface area contributed by atoms with E-state index < -0.39 is 0 Å². The molecule has 2 heterocycles. The van der Waals surface area contributed by atoms with Crippen LogP contribution in [0.25, 0.3) is 11.5 Å². The number of nitrogens with zero attached hydrogens (tertiary/aromatic N) is 2. The number of carbonyl (C=O) groups is 1. The van der Waals surface area contributed by atoms with Crippen molar-refractivity contribution < 1.29 is 4.79 Å². The van der Waals surface area contributed by atoms with Crippen LogP contribution in [0.5, 0.6) is 0 Å². The minimum absolute atomic E-state index is 0.0533. The van der Waals surface area contributed by atoms with E-state index in [1.54, 1.807) is 25.3 Å². The van der Waals surface area contributed by atoms with E-state index in [2.05, 4.69) is 27.2 Å². The van der Waals surface area contributed by atoms with Gasteiger partial charge in [0.05, 0.1) is 6.42 Å². The highest BCUT2D eigenvalue weighted by molar-refractivity contribution is 5.78. The third kappa shape index (κ3) is 3.64. The molecule has 1 amide bonds. The Kier molecular flexibility index (Phi) is 4.23. The Balaban J connectivity index is 1.73. The van der Waals surface area contributed by atoms with Gasteiger partial charge >= 0.3 is 0 Å². The largest absolute Gasteiger partial charge is 0.356 e. The molecule has 2 aromatic heterocycles. The van der Waals surface area contributed by atoms with Crippen LogP contribution in [0.15, 0.2) is 29.2 Å². The first-order valence-corrected chi connectivity index (χ1v) is 7.82. The fourth-order valence-electron chi connectivity index (χ4n) is 2.59. The Morgan fingerprint density at radius 2 is 2.22 bits per heavy atom. The number of rotatable bonds is 5. The van der Waals surface area contributed by atoms with Crippen LogP contribution in [0.2, 0.25) is 0 Å². The van der Waals surface area contributed by atoms with Gasteiger partial charge in [0.25, 0.3) is 5.56 Å². The normalized spacial score (nSPS) is 19.4. The first-order valence-electron chi connectivity index (χ1n) is 7.82. The van der Waals surface area contributed by atoms with E-state index in [9.17, 15) is 9.59 Å². The lowest BCUT2D eigenvalue weighted by Gasteiger charge is -2.08. The van der Waals surface area contributed by atoms with E-state index in [1.807, 2.05) is 6.07 Å². The summed E-state index contributed by atoms with van der Waals surface area (Å²) in [5.74, 6) is 1.57. The molecule has 0 bridgehead atoms. The van der Waals surface area contributed by atoms with Crippen molar-refractivity contribution in [1.82, 2.24) is 20.3 Å². The topological polar surface area (TPSA) is 87.7 Å². The second-order valence-corrected chi connectivity index (χ2v) is 6.15. The number of pyridine rings is 1. The number of aromatic nitrogens is 3. The lowest BCUT2D eigenvalue weighted by atomic mass is 10.1. The predicted octanol–water partition coefficient (Wildman–Crippen LogP) is 1.46. The second kappa shape index (κ2) is 6.32. The number of H-pyrrole nitrogens is 1. The third-order valence-corrected chi connectivity index (χ3v) is 4.30. The van der Waals surface area contributed by atoms with Crippen LogP contribution in [0.1, 0.15) is 24.6 Å². The SMILES string of the molecule is Cc1nc(-c2ccccn2)[nH]c(=O)c1CC(=O)NC[C@H]1C[C@H]1C. The molecule has 120 valence electrons. The maximum absolute atomic E-state index is 12.3. The molecule has 0 unspecified atom stereocenters. The summed E-state index contributed by atoms with van der Waals surface area (Å²) in [4.78, 5) is 35.5. The van der Waals surface area contributed by atoms with Crippen molar-refractivity contribution in [2.24, 2.45) is 11.8 Å². The number of hydrogen-bond donors (Lipinski definition) is 2. The molecule has 0 spiro atoms. The minimum atomic E-state index is -0.284. The first-order chi connectivity index (χ1) is 11.0. The van der Waals surface area contributed by atoms with Gasteiger partial charge in [-0.05, 0) is 37.3 Å². The monoisotopic (exact) mass is 312 g/mol. The molecule has 2 aromatic rings. The van der Waals surface area contributed by atoms with E-state index in [4.69, 9.17) is 0 Å². The smallest absolute Gasteiger partial charge is 0.255 e. The van der Waals surface area contributed by atoms with Gasteiger partial charge in [0.2, 0.25) is 5.91 Å². The maximum atomic E-state index is 12.3. The van der Waals surface area contributed by atoms with Crippen molar-refractivity contribution in [3.63, 3.8) is 0 Å². The van der Waals surface area contributed by atoms with E-state index in [-0.39, 0.29) is 17.9 Å². The van der Waals surface area contributed by atoms with E-state index >= 15 is 0 Å². The van der Waals surface area contributed by atoms with Crippen LogP contribution < -0.4 is 10.9 Å². The van der Waals surface area contributed by atoms with Crippen molar-refractivity contribution in [3.8, 4) is 11.5 Å². The van der Waals surface area contributed by atoms with E-state index in [1.165, 1.54) is 6.42 Å². The maximum Gasteiger partial charge on any atom is 0.255 e. The van der Waals surface area contributed by atoms with Gasteiger partial charge in [-0.25, -0.2) is 4.98 Å². The van der Waals surface area contributed by atoms with Crippen molar-refractivity contribution in [2.75, 3.05) is 6.54 Å². The van der Waals surface area contributed by atoms with Crippen LogP contribution in [0, 0.1) is 18.8 Å². The molecule has 0 aliphatic heterocycles. The highest BCUT2D eigenvalue weighted by Gasteiger charge is 2.32. The molecule has 1 aliphatic rings. The van der Waals surface area contributed by atoms with Gasteiger partial charge in [-0.15, -0.1) is 0 Å². The molecular weight excluding hydrogens is 292 g/mol. The highest BCUT2D eigenvalue weighted by Crippen LogP contribution is 2.36. The molecule has 1 fully saturated rings. The second-order valence-electron chi connectivity index (χ2n) is 6.15. The number of hydrogen-bond acceptors (Lipinski definition) is 4. The molecule has 0 saturated heterocycles. The standard InChI is InChI=1S/C17H20N4O2/c1-10-7-12(10)9-19-15(22)8-13-11(2)20-16(21-17(13)23)14-5-3-4-6-18-14/h3-6,10,12H,7-9H2,1-2H3,(H,19,22)(H,20,21,23)/t10-,12-/m1/s1. The molecule has 2 N–H and O–H groups in total. The summed E-state index contributed by atoms with van der Waals surface area (Å²) in [6.07, 6.45) is 2.86. The lowest BCUT2D eigenvalue weighted by molar-refractivity contribution is -0.120. The van der Waals surface area contributed by atoms with Crippen molar-refractivity contribution in [3.05, 3.63) is 46.0 Å². The summed E-state index contributed by atoms with van der Waals surface area (Å²) in [6, 6.07) is 5.41. The zero-order chi connectivity index (χ0) is 16.4. The number of carbonyl (C=O) groups excluding carboxylic acids is 1. The first kappa shape index (κ1) is 15.4. The lowest BCUT2D eigenvalue weighted by Crippen LogP contribution is -2.30. The average Bonchev–Trinajstić information content (AvgIpc) is 3.25. The fraction of sp³-hybridized carbons (Fsp3) is 0.412. The zero-order valence-corrected chi connectivity index (χ0v) is 13.3. The fourth-order valence-corrected chi connectivity index (χ4v) is 2.59. The van der Waals surface area contributed by atoms with Crippen LogP contribution in [-0.2, 0) is 11.2 Å². The number of amides is 1. The molecule has 2 atom stereocenters. The third-order valence-electron chi connectivity index (χ3n) is 4.30. The summed E-state index contributed by atoms with van der Waals surface area (Å²) < 4.78 is 0. The molecule has 1 saturated carbocycles. The molecular formula is C17H20N4O2. The van der Waals surface area contributed by atoms with Gasteiger partial charge in [0.15, 0.2) is 5.82 Å². The number of aryl methyl sites for hydroxylation is 1. The zero-order valence-electron chi connectivity index (χ0n) is 13.3. The number of aromatic amines is 1. The molecule has 6 nitrogen and oxygen atoms in total. The van der Waals surface area contributed by atoms with Gasteiger partial charge in [-0.3, -0.25) is 14.6 Å². The summed E-state index contributed by atoms with van der Waals surface area (Å²) in [5.41, 5.74) is 1.29. The van der Waals surface area contributed by atoms with Crippen molar-refractivity contribution >= 4 is 5.91 Å². The molecule has 1 aliphatic carbocycles. The molecule has 6 heteroatoms. The summed E-state index contributed by atoms with van der Waals surface area (Å²) in [5, 5.41) is 2.89. The van der Waals surface area contributed by atoms with Gasteiger partial charge in [-0.1, -0.05) is 13.0 Å². The molecule has 0 radical (unpaired) electrons. The minimum Gasteiger partial charge on any atom is -0.356 e. The summed E-state index contributed by atoms with van der Waals surface area (Å²) in [7, 11) is 0. The van der Waals surface area contributed by atoms with Gasteiger partial charge in [0, 0.05) is 24.0 Å². The molecule has 0 aromatic carbocycles. The van der Waals surface area contributed by atoms with Crippen molar-refractivity contribution in [1.29, 1.82) is 0 Å². The van der Waals surface area contributed by atoms with Gasteiger partial charge < -0.3 is 10.3 Å². The molecule has 23 heavy (non-hydrogen) atoms.